The van der Waals surface area contributed by atoms with Crippen molar-refractivity contribution in [3.05, 3.63) is 12.2 Å². The van der Waals surface area contributed by atoms with E-state index in [1.54, 1.807) is 0 Å². The Balaban J connectivity index is 1.75. The number of hydrogen-bond acceptors (Lipinski definition) is 5. The van der Waals surface area contributed by atoms with Crippen LogP contribution in [-0.2, 0) is 11.2 Å². The first-order valence-corrected chi connectivity index (χ1v) is 5.45. The van der Waals surface area contributed by atoms with Crippen LogP contribution in [0.25, 0.3) is 0 Å². The Morgan fingerprint density at radius 3 is 3.25 bits per heavy atom. The van der Waals surface area contributed by atoms with Gasteiger partial charge in [0.2, 0.25) is 12.3 Å². The van der Waals surface area contributed by atoms with Gasteiger partial charge in [-0.15, -0.1) is 0 Å². The van der Waals surface area contributed by atoms with Crippen LogP contribution in [0.5, 0.6) is 0 Å². The number of nitrogens with one attached hydrogen (secondary N) is 2. The summed E-state index contributed by atoms with van der Waals surface area (Å²) in [4.78, 5) is 15.8. The van der Waals surface area contributed by atoms with E-state index >= 15 is 0 Å². The highest BCUT2D eigenvalue weighted by molar-refractivity contribution is 5.82. The first-order valence-electron chi connectivity index (χ1n) is 5.45. The van der Waals surface area contributed by atoms with Gasteiger partial charge >= 0.3 is 0 Å². The maximum atomic E-state index is 11.9. The Bertz CT molecular complexity index is 344. The molecule has 1 saturated heterocycles. The van der Waals surface area contributed by atoms with Gasteiger partial charge in [0.1, 0.15) is 0 Å². The van der Waals surface area contributed by atoms with Crippen molar-refractivity contribution in [1.29, 1.82) is 0 Å². The summed E-state index contributed by atoms with van der Waals surface area (Å²) in [5, 5.41) is 9.78. The summed E-state index contributed by atoms with van der Waals surface area (Å²) < 4.78 is 4.61. The molecule has 1 aliphatic rings. The molecular weight excluding hydrogens is 208 g/mol. The van der Waals surface area contributed by atoms with Crippen LogP contribution in [0.2, 0.25) is 0 Å². The second-order valence-electron chi connectivity index (χ2n) is 4.34. The first kappa shape index (κ1) is 11.1. The molecule has 0 saturated carbocycles. The van der Waals surface area contributed by atoms with Gasteiger partial charge in [-0.05, 0) is 19.9 Å². The Morgan fingerprint density at radius 2 is 2.62 bits per heavy atom. The van der Waals surface area contributed by atoms with Gasteiger partial charge < -0.3 is 15.2 Å². The van der Waals surface area contributed by atoms with E-state index in [2.05, 4.69) is 25.3 Å². The first-order chi connectivity index (χ1) is 7.71. The number of amides is 1. The lowest BCUT2D eigenvalue weighted by atomic mass is 9.89. The average molecular weight is 224 g/mol. The minimum Gasteiger partial charge on any atom is -0.355 e. The van der Waals surface area contributed by atoms with Crippen molar-refractivity contribution in [1.82, 2.24) is 20.8 Å². The van der Waals surface area contributed by atoms with Gasteiger partial charge in [-0.25, -0.2) is 0 Å². The second kappa shape index (κ2) is 4.61. The van der Waals surface area contributed by atoms with E-state index in [0.717, 1.165) is 19.5 Å². The number of carbonyl (C=O) groups is 1. The maximum Gasteiger partial charge on any atom is 0.227 e. The van der Waals surface area contributed by atoms with E-state index in [4.69, 9.17) is 0 Å². The van der Waals surface area contributed by atoms with Gasteiger partial charge in [0, 0.05) is 19.5 Å². The molecule has 1 fully saturated rings. The van der Waals surface area contributed by atoms with E-state index in [1.807, 2.05) is 6.92 Å². The highest BCUT2D eigenvalue weighted by Crippen LogP contribution is 2.24. The monoisotopic (exact) mass is 224 g/mol. The second-order valence-corrected chi connectivity index (χ2v) is 4.34. The lowest BCUT2D eigenvalue weighted by molar-refractivity contribution is -0.129. The Hall–Kier alpha value is -1.43. The summed E-state index contributed by atoms with van der Waals surface area (Å²) in [6, 6.07) is 0. The van der Waals surface area contributed by atoms with Crippen LogP contribution in [0.15, 0.2) is 10.9 Å². The largest absolute Gasteiger partial charge is 0.355 e. The lowest BCUT2D eigenvalue weighted by Crippen LogP contribution is -2.41. The third-order valence-corrected chi connectivity index (χ3v) is 2.96. The molecular formula is C10H16N4O2. The highest BCUT2D eigenvalue weighted by Gasteiger charge is 2.35. The predicted molar refractivity (Wildman–Crippen MR) is 56.6 cm³/mol. The molecule has 1 atom stereocenters. The molecule has 1 unspecified atom stereocenters. The molecule has 2 rings (SSSR count). The fourth-order valence-corrected chi connectivity index (χ4v) is 1.81. The lowest BCUT2D eigenvalue weighted by Gasteiger charge is -2.21. The molecule has 0 spiro atoms. The van der Waals surface area contributed by atoms with Crippen LogP contribution in [0.1, 0.15) is 19.2 Å². The molecule has 2 heterocycles. The van der Waals surface area contributed by atoms with Crippen LogP contribution in [0.3, 0.4) is 0 Å². The van der Waals surface area contributed by atoms with Gasteiger partial charge in [-0.2, -0.15) is 4.98 Å². The van der Waals surface area contributed by atoms with Crippen molar-refractivity contribution < 1.29 is 9.32 Å². The van der Waals surface area contributed by atoms with E-state index in [0.29, 0.717) is 18.8 Å². The van der Waals surface area contributed by atoms with Crippen molar-refractivity contribution in [2.24, 2.45) is 5.41 Å². The van der Waals surface area contributed by atoms with Gasteiger partial charge in [-0.1, -0.05) is 5.16 Å². The summed E-state index contributed by atoms with van der Waals surface area (Å²) in [5.74, 6) is 0.719. The molecule has 0 aromatic carbocycles. The molecule has 0 bridgehead atoms. The predicted octanol–water partition coefficient (Wildman–Crippen LogP) is -0.272. The van der Waals surface area contributed by atoms with Crippen molar-refractivity contribution in [3.8, 4) is 0 Å². The summed E-state index contributed by atoms with van der Waals surface area (Å²) in [6.45, 7) is 4.19. The van der Waals surface area contributed by atoms with Crippen molar-refractivity contribution in [2.75, 3.05) is 19.6 Å². The van der Waals surface area contributed by atoms with E-state index in [9.17, 15) is 4.79 Å². The number of hydrogen-bond donors (Lipinski definition) is 2. The zero-order valence-electron chi connectivity index (χ0n) is 9.32. The summed E-state index contributed by atoms with van der Waals surface area (Å²) >= 11 is 0. The molecule has 1 aromatic rings. The third kappa shape index (κ3) is 2.38. The normalized spacial score (nSPS) is 24.6. The van der Waals surface area contributed by atoms with Gasteiger partial charge in [0.15, 0.2) is 5.82 Å². The quantitative estimate of drug-likeness (QED) is 0.735. The molecule has 88 valence electrons. The van der Waals surface area contributed by atoms with E-state index in [1.165, 1.54) is 6.39 Å². The summed E-state index contributed by atoms with van der Waals surface area (Å²) in [6.07, 6.45) is 2.78. The maximum absolute atomic E-state index is 11.9. The smallest absolute Gasteiger partial charge is 0.227 e. The SMILES string of the molecule is CC1(C(=O)NCCc2ncon2)CCNC1. The zero-order valence-corrected chi connectivity index (χ0v) is 9.32. The molecule has 0 radical (unpaired) electrons. The fourth-order valence-electron chi connectivity index (χ4n) is 1.81. The average Bonchev–Trinajstić information content (AvgIpc) is 2.90. The fraction of sp³-hybridized carbons (Fsp3) is 0.700. The van der Waals surface area contributed by atoms with Crippen molar-refractivity contribution in [3.63, 3.8) is 0 Å². The third-order valence-electron chi connectivity index (χ3n) is 2.96. The number of nitrogens with zero attached hydrogens (tertiary/aromatic N) is 2. The Labute approximate surface area is 93.8 Å². The van der Waals surface area contributed by atoms with Gasteiger partial charge in [0.05, 0.1) is 5.41 Å². The molecule has 6 heteroatoms. The minimum atomic E-state index is -0.267. The minimum absolute atomic E-state index is 0.0981. The van der Waals surface area contributed by atoms with Crippen LogP contribution < -0.4 is 10.6 Å². The number of carbonyl (C=O) groups excluding carboxylic acids is 1. The number of aromatic nitrogens is 2. The summed E-state index contributed by atoms with van der Waals surface area (Å²) in [7, 11) is 0. The molecule has 6 nitrogen and oxygen atoms in total. The van der Waals surface area contributed by atoms with Crippen molar-refractivity contribution in [2.45, 2.75) is 19.8 Å². The zero-order chi connectivity index (χ0) is 11.4. The standard InChI is InChI=1S/C10H16N4O2/c1-10(3-5-11-6-10)9(15)12-4-2-8-13-7-16-14-8/h7,11H,2-6H2,1H3,(H,12,15). The summed E-state index contributed by atoms with van der Waals surface area (Å²) in [5.41, 5.74) is -0.267. The van der Waals surface area contributed by atoms with Crippen LogP contribution in [-0.4, -0.2) is 35.7 Å². The van der Waals surface area contributed by atoms with Crippen LogP contribution >= 0.6 is 0 Å². The number of rotatable bonds is 4. The van der Waals surface area contributed by atoms with E-state index in [-0.39, 0.29) is 11.3 Å². The Kier molecular flexibility index (Phi) is 3.19. The Morgan fingerprint density at radius 1 is 1.75 bits per heavy atom. The molecule has 2 N–H and O–H groups in total. The molecule has 1 aromatic heterocycles. The topological polar surface area (TPSA) is 80.1 Å². The molecule has 1 aliphatic heterocycles. The van der Waals surface area contributed by atoms with Crippen molar-refractivity contribution >= 4 is 5.91 Å². The molecule has 0 aliphatic carbocycles. The highest BCUT2D eigenvalue weighted by atomic mass is 16.5. The molecule has 1 amide bonds. The van der Waals surface area contributed by atoms with Gasteiger partial charge in [0.25, 0.3) is 0 Å². The van der Waals surface area contributed by atoms with Crippen LogP contribution in [0.4, 0.5) is 0 Å². The molecule has 16 heavy (non-hydrogen) atoms. The van der Waals surface area contributed by atoms with Crippen LogP contribution in [0, 0.1) is 5.41 Å². The van der Waals surface area contributed by atoms with E-state index < -0.39 is 0 Å². The van der Waals surface area contributed by atoms with Gasteiger partial charge in [-0.3, -0.25) is 4.79 Å².